The Balaban J connectivity index is 0.000000199. The van der Waals surface area contributed by atoms with Gasteiger partial charge in [0.15, 0.2) is 0 Å². The summed E-state index contributed by atoms with van der Waals surface area (Å²) in [7, 11) is 0. The Morgan fingerprint density at radius 1 is 1.27 bits per heavy atom. The van der Waals surface area contributed by atoms with Crippen LogP contribution in [-0.2, 0) is 0 Å². The first-order chi connectivity index (χ1) is 14.7. The van der Waals surface area contributed by atoms with Crippen molar-refractivity contribution in [3.8, 4) is 17.2 Å². The quantitative estimate of drug-likeness (QED) is 0.517. The zero-order chi connectivity index (χ0) is 21.3. The topological polar surface area (TPSA) is 113 Å². The standard InChI is InChI=1S/C13H11N5S.C8H17NO2/c1-2-19-12-3-9(11-5-15-16-6-11)8-18-13(12)10(4-14)7-17-18;10-7-8(11)6-9-4-2-1-3-5-9/h3,5-8H,2H2,1H3,(H,15,16);8,10-11H,1-7H2. The molecule has 0 amide bonds. The van der Waals surface area contributed by atoms with Crippen LogP contribution in [0.4, 0.5) is 0 Å². The van der Waals surface area contributed by atoms with Gasteiger partial charge in [-0.2, -0.15) is 15.5 Å². The molecule has 0 bridgehead atoms. The van der Waals surface area contributed by atoms with Gasteiger partial charge in [-0.25, -0.2) is 4.52 Å². The fourth-order valence-corrected chi connectivity index (χ4v) is 4.36. The van der Waals surface area contributed by atoms with Crippen LogP contribution in [0.3, 0.4) is 0 Å². The molecule has 160 valence electrons. The number of nitrogens with zero attached hydrogens (tertiary/aromatic N) is 5. The van der Waals surface area contributed by atoms with Crippen LogP contribution in [0.25, 0.3) is 16.6 Å². The van der Waals surface area contributed by atoms with Crippen molar-refractivity contribution in [2.24, 2.45) is 0 Å². The van der Waals surface area contributed by atoms with E-state index >= 15 is 0 Å². The van der Waals surface area contributed by atoms with Gasteiger partial charge in [-0.3, -0.25) is 5.10 Å². The molecule has 1 atom stereocenters. The Morgan fingerprint density at radius 2 is 2.07 bits per heavy atom. The molecule has 1 aliphatic heterocycles. The van der Waals surface area contributed by atoms with E-state index in [0.29, 0.717) is 12.1 Å². The zero-order valence-electron chi connectivity index (χ0n) is 17.2. The SMILES string of the molecule is CCSc1cc(-c2cn[nH]c2)cn2ncc(C#N)c12.OCC(O)CN1CCCCC1. The van der Waals surface area contributed by atoms with Crippen molar-refractivity contribution < 1.29 is 10.2 Å². The van der Waals surface area contributed by atoms with Gasteiger partial charge < -0.3 is 15.1 Å². The lowest BCUT2D eigenvalue weighted by atomic mass is 10.1. The van der Waals surface area contributed by atoms with Gasteiger partial charge in [-0.1, -0.05) is 13.3 Å². The molecule has 3 N–H and O–H groups in total. The summed E-state index contributed by atoms with van der Waals surface area (Å²) < 4.78 is 1.76. The number of fused-ring (bicyclic) bond motifs is 1. The number of aliphatic hydroxyl groups is 2. The molecule has 0 saturated carbocycles. The highest BCUT2D eigenvalue weighted by Crippen LogP contribution is 2.30. The summed E-state index contributed by atoms with van der Waals surface area (Å²) in [6.07, 6.45) is 10.4. The predicted octanol–water partition coefficient (Wildman–Crippen LogP) is 2.53. The highest BCUT2D eigenvalue weighted by atomic mass is 32.2. The molecular formula is C21H28N6O2S. The van der Waals surface area contributed by atoms with Crippen LogP contribution in [0.5, 0.6) is 0 Å². The third kappa shape index (κ3) is 5.61. The minimum absolute atomic E-state index is 0.115. The third-order valence-electron chi connectivity index (χ3n) is 4.96. The van der Waals surface area contributed by atoms with Crippen LogP contribution in [0.15, 0.2) is 35.7 Å². The molecular weight excluding hydrogens is 400 g/mol. The molecule has 3 aromatic heterocycles. The van der Waals surface area contributed by atoms with E-state index in [1.165, 1.54) is 19.3 Å². The number of hydrogen-bond donors (Lipinski definition) is 3. The van der Waals surface area contributed by atoms with E-state index in [1.54, 1.807) is 28.7 Å². The Kier molecular flexibility index (Phi) is 8.28. The number of H-pyrrole nitrogens is 1. The lowest BCUT2D eigenvalue weighted by Crippen LogP contribution is -2.37. The van der Waals surface area contributed by atoms with Gasteiger partial charge >= 0.3 is 0 Å². The van der Waals surface area contributed by atoms with Crippen LogP contribution < -0.4 is 0 Å². The van der Waals surface area contributed by atoms with E-state index in [-0.39, 0.29) is 6.61 Å². The second-order valence-electron chi connectivity index (χ2n) is 7.17. The van der Waals surface area contributed by atoms with Crippen LogP contribution in [0.2, 0.25) is 0 Å². The van der Waals surface area contributed by atoms with E-state index in [1.807, 2.05) is 12.4 Å². The number of pyridine rings is 1. The lowest BCUT2D eigenvalue weighted by molar-refractivity contribution is 0.0533. The molecule has 0 spiro atoms. The molecule has 3 aromatic rings. The number of aromatic amines is 1. The Labute approximate surface area is 180 Å². The fourth-order valence-electron chi connectivity index (χ4n) is 3.50. The summed E-state index contributed by atoms with van der Waals surface area (Å²) >= 11 is 1.71. The Bertz CT molecular complexity index is 960. The molecule has 8 nitrogen and oxygen atoms in total. The summed E-state index contributed by atoms with van der Waals surface area (Å²) in [5.41, 5.74) is 3.52. The van der Waals surface area contributed by atoms with E-state index in [4.69, 9.17) is 15.5 Å². The number of nitrogens with one attached hydrogen (secondary N) is 1. The summed E-state index contributed by atoms with van der Waals surface area (Å²) in [6.45, 7) is 4.77. The first-order valence-electron chi connectivity index (χ1n) is 10.2. The van der Waals surface area contributed by atoms with Crippen LogP contribution in [0, 0.1) is 11.3 Å². The first-order valence-corrected chi connectivity index (χ1v) is 11.2. The lowest BCUT2D eigenvalue weighted by Gasteiger charge is -2.27. The Morgan fingerprint density at radius 3 is 2.70 bits per heavy atom. The van der Waals surface area contributed by atoms with Gasteiger partial charge in [0.05, 0.1) is 36.2 Å². The number of β-amino-alcohol motifs (C(OH)–C–C–N with tert-alkyl or cyclic N) is 1. The van der Waals surface area contributed by atoms with Gasteiger partial charge in [0.2, 0.25) is 0 Å². The number of rotatable bonds is 6. The number of hydrogen-bond acceptors (Lipinski definition) is 7. The fraction of sp³-hybridized carbons (Fsp3) is 0.476. The van der Waals surface area contributed by atoms with Crippen molar-refractivity contribution in [1.82, 2.24) is 24.7 Å². The van der Waals surface area contributed by atoms with Crippen molar-refractivity contribution in [2.75, 3.05) is 32.0 Å². The monoisotopic (exact) mass is 428 g/mol. The normalized spacial score (nSPS) is 15.4. The van der Waals surface area contributed by atoms with Gasteiger partial charge in [0, 0.05) is 35.0 Å². The maximum atomic E-state index is 9.14. The van der Waals surface area contributed by atoms with Crippen molar-refractivity contribution in [2.45, 2.75) is 37.2 Å². The molecule has 1 unspecified atom stereocenters. The molecule has 0 aliphatic carbocycles. The van der Waals surface area contributed by atoms with E-state index in [0.717, 1.165) is 40.4 Å². The van der Waals surface area contributed by atoms with E-state index in [9.17, 15) is 0 Å². The number of piperidine rings is 1. The summed E-state index contributed by atoms with van der Waals surface area (Å²) in [5.74, 6) is 0.945. The number of likely N-dealkylation sites (tertiary alicyclic amines) is 1. The van der Waals surface area contributed by atoms with Crippen molar-refractivity contribution in [1.29, 1.82) is 5.26 Å². The van der Waals surface area contributed by atoms with Crippen LogP contribution in [0.1, 0.15) is 31.7 Å². The van der Waals surface area contributed by atoms with Crippen LogP contribution >= 0.6 is 11.8 Å². The van der Waals surface area contributed by atoms with Gasteiger partial charge in [0.25, 0.3) is 0 Å². The molecule has 1 saturated heterocycles. The summed E-state index contributed by atoms with van der Waals surface area (Å²) in [6, 6.07) is 4.27. The smallest absolute Gasteiger partial charge is 0.103 e. The summed E-state index contributed by atoms with van der Waals surface area (Å²) in [5, 5.41) is 37.9. The van der Waals surface area contributed by atoms with Crippen molar-refractivity contribution in [3.05, 3.63) is 36.4 Å². The number of aliphatic hydroxyl groups excluding tert-OH is 2. The number of aromatic nitrogens is 4. The van der Waals surface area contributed by atoms with Crippen LogP contribution in [-0.4, -0.2) is 73.0 Å². The highest BCUT2D eigenvalue weighted by molar-refractivity contribution is 7.99. The highest BCUT2D eigenvalue weighted by Gasteiger charge is 2.13. The van der Waals surface area contributed by atoms with E-state index in [2.05, 4.69) is 39.3 Å². The molecule has 1 fully saturated rings. The van der Waals surface area contributed by atoms with Gasteiger partial charge in [-0.15, -0.1) is 11.8 Å². The molecule has 9 heteroatoms. The second kappa shape index (κ2) is 11.1. The number of thioether (sulfide) groups is 1. The molecule has 30 heavy (non-hydrogen) atoms. The number of nitriles is 1. The maximum absolute atomic E-state index is 9.14. The molecule has 0 aromatic carbocycles. The second-order valence-corrected chi connectivity index (χ2v) is 8.48. The van der Waals surface area contributed by atoms with Gasteiger partial charge in [0.1, 0.15) is 6.07 Å². The minimum atomic E-state index is -0.548. The molecule has 4 rings (SSSR count). The average Bonchev–Trinajstić information content (AvgIpc) is 3.45. The van der Waals surface area contributed by atoms with Crippen molar-refractivity contribution in [3.63, 3.8) is 0 Å². The molecule has 4 heterocycles. The maximum Gasteiger partial charge on any atom is 0.103 e. The zero-order valence-corrected chi connectivity index (χ0v) is 18.0. The largest absolute Gasteiger partial charge is 0.394 e. The first kappa shape index (κ1) is 22.3. The minimum Gasteiger partial charge on any atom is -0.394 e. The summed E-state index contributed by atoms with van der Waals surface area (Å²) in [4.78, 5) is 3.28. The average molecular weight is 429 g/mol. The predicted molar refractivity (Wildman–Crippen MR) is 117 cm³/mol. The molecule has 1 aliphatic rings. The molecule has 0 radical (unpaired) electrons. The Hall–Kier alpha value is -2.38. The third-order valence-corrected chi connectivity index (χ3v) is 5.87. The van der Waals surface area contributed by atoms with E-state index < -0.39 is 6.10 Å². The van der Waals surface area contributed by atoms with Gasteiger partial charge in [-0.05, 0) is 37.8 Å². The van der Waals surface area contributed by atoms with Crippen molar-refractivity contribution >= 4 is 17.3 Å².